The SMILES string of the molecule is CC[C@H](C(=O)O)N(C)Cc1ccccc1OC(F)(F)F. The van der Waals surface area contributed by atoms with E-state index in [1.165, 1.54) is 23.1 Å². The van der Waals surface area contributed by atoms with Gasteiger partial charge in [0.1, 0.15) is 11.8 Å². The first-order valence-electron chi connectivity index (χ1n) is 6.01. The molecule has 0 aliphatic rings. The Kier molecular flexibility index (Phi) is 5.38. The van der Waals surface area contributed by atoms with Crippen molar-refractivity contribution in [3.63, 3.8) is 0 Å². The predicted octanol–water partition coefficient (Wildman–Crippen LogP) is 2.88. The molecule has 0 spiro atoms. The van der Waals surface area contributed by atoms with E-state index in [4.69, 9.17) is 5.11 Å². The average molecular weight is 291 g/mol. The van der Waals surface area contributed by atoms with Crippen LogP contribution in [0.25, 0.3) is 0 Å². The Morgan fingerprint density at radius 1 is 1.40 bits per heavy atom. The smallest absolute Gasteiger partial charge is 0.480 e. The molecule has 0 aliphatic heterocycles. The van der Waals surface area contributed by atoms with E-state index in [0.717, 1.165) is 0 Å². The van der Waals surface area contributed by atoms with Crippen LogP contribution in [0.1, 0.15) is 18.9 Å². The van der Waals surface area contributed by atoms with Gasteiger partial charge in [0, 0.05) is 12.1 Å². The minimum absolute atomic E-state index is 0.0526. The van der Waals surface area contributed by atoms with Crippen molar-refractivity contribution >= 4 is 5.97 Å². The number of nitrogens with zero attached hydrogens (tertiary/aromatic N) is 1. The standard InChI is InChI=1S/C13H16F3NO3/c1-3-10(12(18)19)17(2)8-9-6-4-5-7-11(9)20-13(14,15)16/h4-7,10H,3,8H2,1-2H3,(H,18,19)/t10-/m1/s1. The molecule has 20 heavy (non-hydrogen) atoms. The second-order valence-electron chi connectivity index (χ2n) is 4.33. The topological polar surface area (TPSA) is 49.8 Å². The molecule has 0 amide bonds. The summed E-state index contributed by atoms with van der Waals surface area (Å²) in [5.41, 5.74) is 0.284. The van der Waals surface area contributed by atoms with Gasteiger partial charge in [-0.2, -0.15) is 0 Å². The maximum absolute atomic E-state index is 12.3. The van der Waals surface area contributed by atoms with Crippen molar-refractivity contribution in [2.45, 2.75) is 32.3 Å². The van der Waals surface area contributed by atoms with Gasteiger partial charge in [0.2, 0.25) is 0 Å². The van der Waals surface area contributed by atoms with Crippen LogP contribution in [0.5, 0.6) is 5.75 Å². The Balaban J connectivity index is 2.89. The number of ether oxygens (including phenoxy) is 1. The zero-order valence-corrected chi connectivity index (χ0v) is 11.1. The number of hydrogen-bond acceptors (Lipinski definition) is 3. The molecule has 0 radical (unpaired) electrons. The Bertz CT molecular complexity index is 462. The summed E-state index contributed by atoms with van der Waals surface area (Å²) in [4.78, 5) is 12.5. The van der Waals surface area contributed by atoms with Crippen molar-refractivity contribution in [1.29, 1.82) is 0 Å². The largest absolute Gasteiger partial charge is 0.573 e. The highest BCUT2D eigenvalue weighted by Crippen LogP contribution is 2.27. The summed E-state index contributed by atoms with van der Waals surface area (Å²) in [6.45, 7) is 1.75. The number of benzene rings is 1. The van der Waals surface area contributed by atoms with E-state index < -0.39 is 18.4 Å². The molecule has 1 N–H and O–H groups in total. The lowest BCUT2D eigenvalue weighted by Gasteiger charge is -2.24. The number of aliphatic carboxylic acids is 1. The lowest BCUT2D eigenvalue weighted by molar-refractivity contribution is -0.275. The van der Waals surface area contributed by atoms with E-state index in [9.17, 15) is 18.0 Å². The van der Waals surface area contributed by atoms with E-state index in [1.54, 1.807) is 20.0 Å². The number of para-hydroxylation sites is 1. The van der Waals surface area contributed by atoms with Crippen LogP contribution in [-0.4, -0.2) is 35.4 Å². The average Bonchev–Trinajstić information content (AvgIpc) is 2.30. The van der Waals surface area contributed by atoms with Crippen LogP contribution in [0, 0.1) is 0 Å². The van der Waals surface area contributed by atoms with Crippen molar-refractivity contribution in [2.75, 3.05) is 7.05 Å². The fourth-order valence-electron chi connectivity index (χ4n) is 1.91. The summed E-state index contributed by atoms with van der Waals surface area (Å²) in [6, 6.07) is 4.94. The molecule has 1 rings (SSSR count). The molecule has 0 aliphatic carbocycles. The molecule has 112 valence electrons. The lowest BCUT2D eigenvalue weighted by Crippen LogP contribution is -2.37. The van der Waals surface area contributed by atoms with Crippen molar-refractivity contribution in [3.8, 4) is 5.75 Å². The van der Waals surface area contributed by atoms with Gasteiger partial charge >= 0.3 is 12.3 Å². The highest BCUT2D eigenvalue weighted by Gasteiger charge is 2.32. The molecule has 1 atom stereocenters. The summed E-state index contributed by atoms with van der Waals surface area (Å²) in [6.07, 6.45) is -4.42. The van der Waals surface area contributed by atoms with Crippen LogP contribution < -0.4 is 4.74 Å². The fourth-order valence-corrected chi connectivity index (χ4v) is 1.91. The summed E-state index contributed by atoms with van der Waals surface area (Å²) in [5.74, 6) is -1.32. The maximum atomic E-state index is 12.3. The normalized spacial score (nSPS) is 13.3. The van der Waals surface area contributed by atoms with E-state index in [1.807, 2.05) is 0 Å². The third-order valence-corrected chi connectivity index (χ3v) is 2.82. The number of halogens is 3. The molecule has 0 saturated carbocycles. The van der Waals surface area contributed by atoms with Gasteiger partial charge in [-0.25, -0.2) is 0 Å². The van der Waals surface area contributed by atoms with Gasteiger partial charge in [-0.05, 0) is 19.5 Å². The second kappa shape index (κ2) is 6.60. The van der Waals surface area contributed by atoms with Gasteiger partial charge in [-0.15, -0.1) is 13.2 Å². The van der Waals surface area contributed by atoms with E-state index >= 15 is 0 Å². The zero-order valence-electron chi connectivity index (χ0n) is 11.1. The van der Waals surface area contributed by atoms with Gasteiger partial charge in [0.25, 0.3) is 0 Å². The summed E-state index contributed by atoms with van der Waals surface area (Å²) < 4.78 is 40.8. The number of likely N-dealkylation sites (N-methyl/N-ethyl adjacent to an activating group) is 1. The van der Waals surface area contributed by atoms with Gasteiger partial charge in [-0.1, -0.05) is 25.1 Å². The van der Waals surface area contributed by atoms with Crippen molar-refractivity contribution in [1.82, 2.24) is 4.90 Å². The van der Waals surface area contributed by atoms with Crippen molar-refractivity contribution in [3.05, 3.63) is 29.8 Å². The van der Waals surface area contributed by atoms with Gasteiger partial charge in [-0.3, -0.25) is 9.69 Å². The number of carbonyl (C=O) groups is 1. The minimum Gasteiger partial charge on any atom is -0.480 e. The van der Waals surface area contributed by atoms with Crippen molar-refractivity contribution in [2.24, 2.45) is 0 Å². The van der Waals surface area contributed by atoms with Crippen LogP contribution >= 0.6 is 0 Å². The fraction of sp³-hybridized carbons (Fsp3) is 0.462. The molecule has 4 nitrogen and oxygen atoms in total. The van der Waals surface area contributed by atoms with Crippen molar-refractivity contribution < 1.29 is 27.8 Å². The first-order valence-corrected chi connectivity index (χ1v) is 6.01. The van der Waals surface area contributed by atoms with Crippen LogP contribution in [0.4, 0.5) is 13.2 Å². The van der Waals surface area contributed by atoms with E-state index in [2.05, 4.69) is 4.74 Å². The summed E-state index contributed by atoms with van der Waals surface area (Å²) >= 11 is 0. The monoisotopic (exact) mass is 291 g/mol. The number of carboxylic acids is 1. The number of rotatable bonds is 6. The Morgan fingerprint density at radius 3 is 2.50 bits per heavy atom. The van der Waals surface area contributed by atoms with Gasteiger partial charge in [0.15, 0.2) is 0 Å². The molecule has 0 fully saturated rings. The quantitative estimate of drug-likeness (QED) is 0.875. The lowest BCUT2D eigenvalue weighted by atomic mass is 10.1. The molecule has 1 aromatic rings. The molecular weight excluding hydrogens is 275 g/mol. The first-order chi connectivity index (χ1) is 9.24. The molecule has 7 heteroatoms. The van der Waals surface area contributed by atoms with Crippen LogP contribution in [0.2, 0.25) is 0 Å². The first kappa shape index (κ1) is 16.3. The van der Waals surface area contributed by atoms with Crippen LogP contribution in [0.15, 0.2) is 24.3 Å². The molecule has 0 aromatic heterocycles. The minimum atomic E-state index is -4.77. The Morgan fingerprint density at radius 2 is 2.00 bits per heavy atom. The Hall–Kier alpha value is -1.76. The van der Waals surface area contributed by atoms with Gasteiger partial charge < -0.3 is 9.84 Å². The maximum Gasteiger partial charge on any atom is 0.573 e. The zero-order chi connectivity index (χ0) is 15.3. The number of hydrogen-bond donors (Lipinski definition) is 1. The third-order valence-electron chi connectivity index (χ3n) is 2.82. The molecule has 0 bridgehead atoms. The number of carboxylic acid groups (broad SMARTS) is 1. The molecule has 0 heterocycles. The molecular formula is C13H16F3NO3. The molecule has 1 aromatic carbocycles. The Labute approximate surface area is 114 Å². The van der Waals surface area contributed by atoms with Gasteiger partial charge in [0.05, 0.1) is 0 Å². The highest BCUT2D eigenvalue weighted by atomic mass is 19.4. The predicted molar refractivity (Wildman–Crippen MR) is 66.3 cm³/mol. The van der Waals surface area contributed by atoms with Crippen LogP contribution in [-0.2, 0) is 11.3 Å². The highest BCUT2D eigenvalue weighted by molar-refractivity contribution is 5.73. The number of alkyl halides is 3. The molecule has 0 saturated heterocycles. The van der Waals surface area contributed by atoms with Crippen LogP contribution in [0.3, 0.4) is 0 Å². The third kappa shape index (κ3) is 4.73. The summed E-state index contributed by atoms with van der Waals surface area (Å²) in [7, 11) is 1.55. The van der Waals surface area contributed by atoms with E-state index in [-0.39, 0.29) is 17.9 Å². The summed E-state index contributed by atoms with van der Waals surface area (Å²) in [5, 5.41) is 9.02. The second-order valence-corrected chi connectivity index (χ2v) is 4.33. The van der Waals surface area contributed by atoms with E-state index in [0.29, 0.717) is 6.42 Å². The molecule has 0 unspecified atom stereocenters.